The molecular formula is C23H25N3O2. The molecule has 3 rings (SSSR count). The van der Waals surface area contributed by atoms with E-state index in [0.717, 1.165) is 27.7 Å². The first-order valence-corrected chi connectivity index (χ1v) is 9.24. The molecule has 0 saturated heterocycles. The lowest BCUT2D eigenvalue weighted by atomic mass is 9.98. The van der Waals surface area contributed by atoms with Gasteiger partial charge < -0.3 is 9.80 Å². The van der Waals surface area contributed by atoms with E-state index in [1.807, 2.05) is 55.5 Å². The van der Waals surface area contributed by atoms with Crippen LogP contribution in [0.1, 0.15) is 23.0 Å². The Morgan fingerprint density at radius 3 is 2.39 bits per heavy atom. The Balaban J connectivity index is 2.00. The largest absolute Gasteiger partial charge is 0.347 e. The SMILES string of the molecule is Cc1cc(-c2cccc(C(=O)N(C)[C@@H](C)C(=O)N(C)C)c2)c2ccccc2n1. The third-order valence-corrected chi connectivity index (χ3v) is 4.96. The van der Waals surface area contributed by atoms with E-state index in [1.165, 1.54) is 9.80 Å². The van der Waals surface area contributed by atoms with Gasteiger partial charge in [-0.15, -0.1) is 0 Å². The summed E-state index contributed by atoms with van der Waals surface area (Å²) in [5, 5.41) is 1.04. The molecule has 5 heteroatoms. The van der Waals surface area contributed by atoms with Crippen molar-refractivity contribution in [2.45, 2.75) is 19.9 Å². The van der Waals surface area contributed by atoms with Crippen molar-refractivity contribution in [3.05, 3.63) is 65.9 Å². The molecule has 28 heavy (non-hydrogen) atoms. The summed E-state index contributed by atoms with van der Waals surface area (Å²) in [4.78, 5) is 32.8. The molecular weight excluding hydrogens is 350 g/mol. The highest BCUT2D eigenvalue weighted by Gasteiger charge is 2.24. The zero-order chi connectivity index (χ0) is 20.4. The summed E-state index contributed by atoms with van der Waals surface area (Å²) >= 11 is 0. The van der Waals surface area contributed by atoms with Gasteiger partial charge in [0.1, 0.15) is 6.04 Å². The molecule has 5 nitrogen and oxygen atoms in total. The first-order valence-electron chi connectivity index (χ1n) is 9.24. The molecule has 0 bridgehead atoms. The molecule has 0 aliphatic carbocycles. The van der Waals surface area contributed by atoms with Gasteiger partial charge in [0, 0.05) is 37.8 Å². The molecule has 0 radical (unpaired) electrons. The van der Waals surface area contributed by atoms with E-state index >= 15 is 0 Å². The van der Waals surface area contributed by atoms with Crippen molar-refractivity contribution in [3.8, 4) is 11.1 Å². The van der Waals surface area contributed by atoms with Crippen LogP contribution in [0.5, 0.6) is 0 Å². The van der Waals surface area contributed by atoms with E-state index in [4.69, 9.17) is 0 Å². The van der Waals surface area contributed by atoms with Crippen molar-refractivity contribution in [3.63, 3.8) is 0 Å². The van der Waals surface area contributed by atoms with Crippen molar-refractivity contribution < 1.29 is 9.59 Å². The minimum absolute atomic E-state index is 0.109. The maximum absolute atomic E-state index is 13.0. The summed E-state index contributed by atoms with van der Waals surface area (Å²) in [5.41, 5.74) is 4.40. The van der Waals surface area contributed by atoms with Crippen LogP contribution < -0.4 is 0 Å². The predicted molar refractivity (Wildman–Crippen MR) is 112 cm³/mol. The highest BCUT2D eigenvalue weighted by atomic mass is 16.2. The van der Waals surface area contributed by atoms with Gasteiger partial charge in [-0.3, -0.25) is 14.6 Å². The Kier molecular flexibility index (Phi) is 5.45. The summed E-state index contributed by atoms with van der Waals surface area (Å²) < 4.78 is 0. The molecule has 2 amide bonds. The summed E-state index contributed by atoms with van der Waals surface area (Å²) in [6, 6.07) is 17.0. The third kappa shape index (κ3) is 3.74. The molecule has 144 valence electrons. The Hall–Kier alpha value is -3.21. The van der Waals surface area contributed by atoms with E-state index in [0.29, 0.717) is 5.56 Å². The van der Waals surface area contributed by atoms with Gasteiger partial charge in [0.25, 0.3) is 5.91 Å². The van der Waals surface area contributed by atoms with E-state index in [9.17, 15) is 9.59 Å². The number of carbonyl (C=O) groups is 2. The number of rotatable bonds is 4. The molecule has 0 unspecified atom stereocenters. The smallest absolute Gasteiger partial charge is 0.254 e. The molecule has 3 aromatic rings. The fourth-order valence-corrected chi connectivity index (χ4v) is 3.29. The number of nitrogens with zero attached hydrogens (tertiary/aromatic N) is 3. The first-order chi connectivity index (χ1) is 13.3. The second kappa shape index (κ2) is 7.80. The third-order valence-electron chi connectivity index (χ3n) is 4.96. The van der Waals surface area contributed by atoms with Crippen LogP contribution in [0.2, 0.25) is 0 Å². The number of hydrogen-bond acceptors (Lipinski definition) is 3. The maximum atomic E-state index is 13.0. The Bertz CT molecular complexity index is 1040. The quantitative estimate of drug-likeness (QED) is 0.698. The standard InChI is InChI=1S/C23H25N3O2/c1-15-13-20(19-11-6-7-12-21(19)24-15)17-9-8-10-18(14-17)23(28)26(5)16(2)22(27)25(3)4/h6-14,16H,1-5H3/t16-/m0/s1. The van der Waals surface area contributed by atoms with Gasteiger partial charge in [0.15, 0.2) is 0 Å². The number of carbonyl (C=O) groups excluding carboxylic acids is 2. The first kappa shape index (κ1) is 19.5. The molecule has 1 heterocycles. The molecule has 0 saturated carbocycles. The second-order valence-electron chi connectivity index (χ2n) is 7.23. The minimum atomic E-state index is -0.532. The van der Waals surface area contributed by atoms with Crippen LogP contribution in [0.4, 0.5) is 0 Å². The fourth-order valence-electron chi connectivity index (χ4n) is 3.29. The van der Waals surface area contributed by atoms with Gasteiger partial charge in [-0.05, 0) is 49.2 Å². The van der Waals surface area contributed by atoms with Gasteiger partial charge in [-0.1, -0.05) is 30.3 Å². The summed E-state index contributed by atoms with van der Waals surface area (Å²) in [6.07, 6.45) is 0. The molecule has 2 aromatic carbocycles. The van der Waals surface area contributed by atoms with Crippen molar-refractivity contribution in [1.29, 1.82) is 0 Å². The monoisotopic (exact) mass is 375 g/mol. The summed E-state index contributed by atoms with van der Waals surface area (Å²) in [6.45, 7) is 3.71. The van der Waals surface area contributed by atoms with Gasteiger partial charge in [0.2, 0.25) is 5.91 Å². The lowest BCUT2D eigenvalue weighted by molar-refractivity contribution is -0.132. The average molecular weight is 375 g/mol. The number of benzene rings is 2. The van der Waals surface area contributed by atoms with Crippen LogP contribution in [0.3, 0.4) is 0 Å². The van der Waals surface area contributed by atoms with Crippen molar-refractivity contribution >= 4 is 22.7 Å². The normalized spacial score (nSPS) is 11.9. The van der Waals surface area contributed by atoms with E-state index in [1.54, 1.807) is 34.1 Å². The molecule has 1 aromatic heterocycles. The maximum Gasteiger partial charge on any atom is 0.254 e. The number of pyridine rings is 1. The topological polar surface area (TPSA) is 53.5 Å². The Morgan fingerprint density at radius 1 is 0.964 bits per heavy atom. The highest BCUT2D eigenvalue weighted by molar-refractivity contribution is 6.00. The number of aryl methyl sites for hydroxylation is 1. The number of aromatic nitrogens is 1. The lowest BCUT2D eigenvalue weighted by Gasteiger charge is -2.26. The van der Waals surface area contributed by atoms with Gasteiger partial charge in [-0.25, -0.2) is 0 Å². The van der Waals surface area contributed by atoms with Crippen molar-refractivity contribution in [2.75, 3.05) is 21.1 Å². The predicted octanol–water partition coefficient (Wildman–Crippen LogP) is 3.76. The summed E-state index contributed by atoms with van der Waals surface area (Å²) in [7, 11) is 5.04. The van der Waals surface area contributed by atoms with Crippen molar-refractivity contribution in [2.24, 2.45) is 0 Å². The number of likely N-dealkylation sites (N-methyl/N-ethyl adjacent to an activating group) is 2. The number of para-hydroxylation sites is 1. The van der Waals surface area contributed by atoms with Crippen LogP contribution in [0.25, 0.3) is 22.0 Å². The molecule has 1 atom stereocenters. The van der Waals surface area contributed by atoms with Crippen LogP contribution >= 0.6 is 0 Å². The van der Waals surface area contributed by atoms with Crippen LogP contribution in [-0.4, -0.2) is 53.8 Å². The highest BCUT2D eigenvalue weighted by Crippen LogP contribution is 2.29. The van der Waals surface area contributed by atoms with Gasteiger partial charge in [-0.2, -0.15) is 0 Å². The summed E-state index contributed by atoms with van der Waals surface area (Å²) in [5.74, 6) is -0.289. The van der Waals surface area contributed by atoms with Crippen molar-refractivity contribution in [1.82, 2.24) is 14.8 Å². The Morgan fingerprint density at radius 2 is 1.68 bits per heavy atom. The lowest BCUT2D eigenvalue weighted by Crippen LogP contribution is -2.45. The second-order valence-corrected chi connectivity index (χ2v) is 7.23. The van der Waals surface area contributed by atoms with Crippen LogP contribution in [-0.2, 0) is 4.79 Å². The van der Waals surface area contributed by atoms with Crippen LogP contribution in [0.15, 0.2) is 54.6 Å². The zero-order valence-corrected chi connectivity index (χ0v) is 16.9. The number of amides is 2. The zero-order valence-electron chi connectivity index (χ0n) is 16.9. The van der Waals surface area contributed by atoms with E-state index in [2.05, 4.69) is 4.98 Å². The fraction of sp³-hybridized carbons (Fsp3) is 0.261. The Labute approximate surface area is 165 Å². The van der Waals surface area contributed by atoms with Crippen LogP contribution in [0, 0.1) is 6.92 Å². The minimum Gasteiger partial charge on any atom is -0.347 e. The van der Waals surface area contributed by atoms with E-state index in [-0.39, 0.29) is 11.8 Å². The molecule has 0 aliphatic heterocycles. The van der Waals surface area contributed by atoms with E-state index < -0.39 is 6.04 Å². The molecule has 0 N–H and O–H groups in total. The van der Waals surface area contributed by atoms with Gasteiger partial charge >= 0.3 is 0 Å². The molecule has 0 spiro atoms. The molecule has 0 fully saturated rings. The average Bonchev–Trinajstić information content (AvgIpc) is 2.70. The number of hydrogen-bond donors (Lipinski definition) is 0. The van der Waals surface area contributed by atoms with Gasteiger partial charge in [0.05, 0.1) is 5.52 Å². The molecule has 0 aliphatic rings. The number of fused-ring (bicyclic) bond motifs is 1.